The van der Waals surface area contributed by atoms with Crippen molar-refractivity contribution in [1.29, 1.82) is 0 Å². The van der Waals surface area contributed by atoms with E-state index in [-0.39, 0.29) is 17.9 Å². The van der Waals surface area contributed by atoms with Gasteiger partial charge in [-0.25, -0.2) is 0 Å². The van der Waals surface area contributed by atoms with Gasteiger partial charge in [-0.1, -0.05) is 29.3 Å². The summed E-state index contributed by atoms with van der Waals surface area (Å²) in [5, 5.41) is 2.98. The molecule has 1 aromatic carbocycles. The average Bonchev–Trinajstić information content (AvgIpc) is 2.40. The molecule has 0 aliphatic carbocycles. The van der Waals surface area contributed by atoms with Crippen LogP contribution in [0.5, 0.6) is 5.75 Å². The first-order valence-corrected chi connectivity index (χ1v) is 8.05. The Kier molecular flexibility index (Phi) is 7.18. The molecule has 4 nitrogen and oxygen atoms in total. The summed E-state index contributed by atoms with van der Waals surface area (Å²) in [6, 6.07) is 4.00. The molecule has 0 aliphatic heterocycles. The van der Waals surface area contributed by atoms with Crippen molar-refractivity contribution in [2.45, 2.75) is 46.1 Å². The summed E-state index contributed by atoms with van der Waals surface area (Å²) in [7, 11) is 1.60. The highest BCUT2D eigenvalue weighted by atomic mass is 79.9. The van der Waals surface area contributed by atoms with Crippen LogP contribution in [0.2, 0.25) is 0 Å². The molecule has 0 radical (unpaired) electrons. The molecule has 2 unspecified atom stereocenters. The zero-order chi connectivity index (χ0) is 16.0. The molecule has 0 aliphatic rings. The molecular weight excluding hydrogens is 332 g/mol. The van der Waals surface area contributed by atoms with Crippen molar-refractivity contribution < 1.29 is 9.53 Å². The number of nitrogens with two attached hydrogens (primary N) is 1. The molecule has 1 aromatic rings. The number of ether oxygens (including phenoxy) is 1. The monoisotopic (exact) mass is 356 g/mol. The number of carbonyl (C=O) groups is 1. The van der Waals surface area contributed by atoms with Gasteiger partial charge in [-0.15, -0.1) is 0 Å². The van der Waals surface area contributed by atoms with Gasteiger partial charge in [0.25, 0.3) is 0 Å². The van der Waals surface area contributed by atoms with Gasteiger partial charge in [0.1, 0.15) is 5.75 Å². The van der Waals surface area contributed by atoms with E-state index in [0.717, 1.165) is 35.0 Å². The standard InChI is InChI=1S/C16H25BrN2O2/c1-10(6-5-7-12(3)18)16(20)19-15-11(2)8-13(17)9-14(15)21-4/h8-10,12H,5-7,18H2,1-4H3,(H,19,20). The number of carbonyl (C=O) groups excluding carboxylic acids is 1. The lowest BCUT2D eigenvalue weighted by molar-refractivity contribution is -0.119. The van der Waals surface area contributed by atoms with E-state index in [2.05, 4.69) is 21.2 Å². The fraction of sp³-hybridized carbons (Fsp3) is 0.562. The second-order valence-corrected chi connectivity index (χ2v) is 6.51. The number of aryl methyl sites for hydroxylation is 1. The van der Waals surface area contributed by atoms with Crippen LogP contribution >= 0.6 is 15.9 Å². The van der Waals surface area contributed by atoms with E-state index in [4.69, 9.17) is 10.5 Å². The number of rotatable bonds is 7. The first kappa shape index (κ1) is 18.0. The number of hydrogen-bond acceptors (Lipinski definition) is 3. The number of hydrogen-bond donors (Lipinski definition) is 2. The summed E-state index contributed by atoms with van der Waals surface area (Å²) < 4.78 is 6.27. The van der Waals surface area contributed by atoms with E-state index in [1.54, 1.807) is 7.11 Å². The Balaban J connectivity index is 2.70. The largest absolute Gasteiger partial charge is 0.495 e. The van der Waals surface area contributed by atoms with Crippen LogP contribution in [-0.2, 0) is 4.79 Å². The highest BCUT2D eigenvalue weighted by molar-refractivity contribution is 9.10. The van der Waals surface area contributed by atoms with Gasteiger partial charge >= 0.3 is 0 Å². The Morgan fingerprint density at radius 2 is 2.05 bits per heavy atom. The Morgan fingerprint density at radius 1 is 1.38 bits per heavy atom. The van der Waals surface area contributed by atoms with Crippen LogP contribution < -0.4 is 15.8 Å². The molecule has 0 fully saturated rings. The Hall–Kier alpha value is -1.07. The molecular formula is C16H25BrN2O2. The number of halogens is 1. The van der Waals surface area contributed by atoms with E-state index in [1.165, 1.54) is 0 Å². The average molecular weight is 357 g/mol. The third-order valence-corrected chi connectivity index (χ3v) is 3.93. The molecule has 118 valence electrons. The topological polar surface area (TPSA) is 64.3 Å². The van der Waals surface area contributed by atoms with Gasteiger partial charge in [0, 0.05) is 16.4 Å². The predicted molar refractivity (Wildman–Crippen MR) is 90.7 cm³/mol. The number of anilines is 1. The van der Waals surface area contributed by atoms with E-state index in [9.17, 15) is 4.79 Å². The van der Waals surface area contributed by atoms with Crippen LogP contribution in [0.15, 0.2) is 16.6 Å². The molecule has 0 heterocycles. The molecule has 0 spiro atoms. The van der Waals surface area contributed by atoms with Crippen LogP contribution in [0.1, 0.15) is 38.7 Å². The summed E-state index contributed by atoms with van der Waals surface area (Å²) >= 11 is 3.43. The van der Waals surface area contributed by atoms with Gasteiger partial charge < -0.3 is 15.8 Å². The molecule has 1 amide bonds. The summed E-state index contributed by atoms with van der Waals surface area (Å²) in [5.74, 6) is 0.637. The van der Waals surface area contributed by atoms with Gasteiger partial charge in [0.15, 0.2) is 0 Å². The maximum Gasteiger partial charge on any atom is 0.227 e. The number of methoxy groups -OCH3 is 1. The van der Waals surface area contributed by atoms with Crippen LogP contribution in [0.4, 0.5) is 5.69 Å². The molecule has 0 aromatic heterocycles. The fourth-order valence-electron chi connectivity index (χ4n) is 2.16. The van der Waals surface area contributed by atoms with E-state index in [1.807, 2.05) is 32.9 Å². The second-order valence-electron chi connectivity index (χ2n) is 5.60. The summed E-state index contributed by atoms with van der Waals surface area (Å²) in [5.41, 5.74) is 7.44. The third kappa shape index (κ3) is 5.67. The van der Waals surface area contributed by atoms with E-state index < -0.39 is 0 Å². The van der Waals surface area contributed by atoms with Crippen LogP contribution in [0.25, 0.3) is 0 Å². The maximum atomic E-state index is 12.3. The lowest BCUT2D eigenvalue weighted by atomic mass is 10.0. The van der Waals surface area contributed by atoms with Crippen molar-refractivity contribution in [3.63, 3.8) is 0 Å². The van der Waals surface area contributed by atoms with Gasteiger partial charge in [-0.05, 0) is 44.4 Å². The first-order chi connectivity index (χ1) is 9.85. The Morgan fingerprint density at radius 3 is 2.62 bits per heavy atom. The third-order valence-electron chi connectivity index (χ3n) is 3.48. The minimum absolute atomic E-state index is 0.0170. The fourth-order valence-corrected chi connectivity index (χ4v) is 2.71. The molecule has 3 N–H and O–H groups in total. The highest BCUT2D eigenvalue weighted by Crippen LogP contribution is 2.32. The van der Waals surface area contributed by atoms with Crippen LogP contribution in [-0.4, -0.2) is 19.1 Å². The van der Waals surface area contributed by atoms with Crippen molar-refractivity contribution in [1.82, 2.24) is 0 Å². The predicted octanol–water partition coefficient (Wildman–Crippen LogP) is 3.86. The van der Waals surface area contributed by atoms with E-state index in [0.29, 0.717) is 5.75 Å². The van der Waals surface area contributed by atoms with Crippen molar-refractivity contribution in [3.8, 4) is 5.75 Å². The number of nitrogens with one attached hydrogen (secondary N) is 1. The second kappa shape index (κ2) is 8.39. The number of benzene rings is 1. The molecule has 0 saturated carbocycles. The summed E-state index contributed by atoms with van der Waals surface area (Å²) in [6.07, 6.45) is 2.74. The minimum Gasteiger partial charge on any atom is -0.495 e. The zero-order valence-corrected chi connectivity index (χ0v) is 14.8. The number of amides is 1. The summed E-state index contributed by atoms with van der Waals surface area (Å²) in [4.78, 5) is 12.3. The summed E-state index contributed by atoms with van der Waals surface area (Å²) in [6.45, 7) is 5.88. The lowest BCUT2D eigenvalue weighted by Crippen LogP contribution is -2.22. The minimum atomic E-state index is -0.0449. The van der Waals surface area contributed by atoms with Gasteiger partial charge in [0.05, 0.1) is 12.8 Å². The molecule has 2 atom stereocenters. The molecule has 0 bridgehead atoms. The van der Waals surface area contributed by atoms with Gasteiger partial charge in [-0.3, -0.25) is 4.79 Å². The van der Waals surface area contributed by atoms with Gasteiger partial charge in [-0.2, -0.15) is 0 Å². The smallest absolute Gasteiger partial charge is 0.227 e. The molecule has 1 rings (SSSR count). The molecule has 0 saturated heterocycles. The SMILES string of the molecule is COc1cc(Br)cc(C)c1NC(=O)C(C)CCCC(C)N. The van der Waals surface area contributed by atoms with Gasteiger partial charge in [0.2, 0.25) is 5.91 Å². The van der Waals surface area contributed by atoms with Crippen molar-refractivity contribution in [3.05, 3.63) is 22.2 Å². The zero-order valence-electron chi connectivity index (χ0n) is 13.2. The van der Waals surface area contributed by atoms with Crippen molar-refractivity contribution >= 4 is 27.5 Å². The van der Waals surface area contributed by atoms with E-state index >= 15 is 0 Å². The highest BCUT2D eigenvalue weighted by Gasteiger charge is 2.17. The van der Waals surface area contributed by atoms with Crippen molar-refractivity contribution in [2.24, 2.45) is 11.7 Å². The van der Waals surface area contributed by atoms with Crippen molar-refractivity contribution in [2.75, 3.05) is 12.4 Å². The van der Waals surface area contributed by atoms with Crippen LogP contribution in [0.3, 0.4) is 0 Å². The molecule has 21 heavy (non-hydrogen) atoms. The maximum absolute atomic E-state index is 12.3. The quantitative estimate of drug-likeness (QED) is 0.779. The Labute approximate surface area is 135 Å². The van der Waals surface area contributed by atoms with Crippen LogP contribution in [0, 0.1) is 12.8 Å². The Bertz CT molecular complexity index is 489. The lowest BCUT2D eigenvalue weighted by Gasteiger charge is -2.17. The molecule has 5 heteroatoms. The normalized spacial score (nSPS) is 13.6. The first-order valence-electron chi connectivity index (χ1n) is 7.25.